The van der Waals surface area contributed by atoms with Gasteiger partial charge in [0.15, 0.2) is 0 Å². The Balaban J connectivity index is 1.45. The number of fused-ring (bicyclic) bond motifs is 1. The summed E-state index contributed by atoms with van der Waals surface area (Å²) in [5.74, 6) is 2.67. The second kappa shape index (κ2) is 10.3. The largest absolute Gasteiger partial charge is 0.497 e. The van der Waals surface area contributed by atoms with E-state index < -0.39 is 0 Å². The first-order chi connectivity index (χ1) is 16.2. The van der Waals surface area contributed by atoms with Gasteiger partial charge in [0, 0.05) is 56.2 Å². The molecule has 1 aromatic heterocycles. The summed E-state index contributed by atoms with van der Waals surface area (Å²) in [6.07, 6.45) is 10.3. The molecule has 6 nitrogen and oxygen atoms in total. The zero-order valence-electron chi connectivity index (χ0n) is 19.9. The Labute approximate surface area is 197 Å². The number of methoxy groups -OCH3 is 1. The standard InChI is InChI=1S/C27H37N3O3/c1-32-23-11-10-21-16-22(27(28-25(21)17-23)29-12-4-5-13-29)18-30(19-24-9-6-14-33-24)26(31)15-20-7-2-3-8-20/h10-11,16-17,20,24H,2-9,12-15,18-19H2,1H3. The van der Waals surface area contributed by atoms with Crippen molar-refractivity contribution in [1.29, 1.82) is 0 Å². The lowest BCUT2D eigenvalue weighted by molar-refractivity contribution is -0.134. The van der Waals surface area contributed by atoms with E-state index in [2.05, 4.69) is 21.9 Å². The predicted octanol–water partition coefficient (Wildman–Crippen LogP) is 4.93. The Morgan fingerprint density at radius 2 is 1.94 bits per heavy atom. The number of anilines is 1. The van der Waals surface area contributed by atoms with Gasteiger partial charge in [0.05, 0.1) is 18.7 Å². The van der Waals surface area contributed by atoms with Gasteiger partial charge in [-0.1, -0.05) is 12.8 Å². The number of ether oxygens (including phenoxy) is 2. The molecule has 3 fully saturated rings. The summed E-state index contributed by atoms with van der Waals surface area (Å²) < 4.78 is 11.4. The van der Waals surface area contributed by atoms with Crippen molar-refractivity contribution < 1.29 is 14.3 Å². The van der Waals surface area contributed by atoms with Crippen LogP contribution in [0.25, 0.3) is 10.9 Å². The number of carbonyl (C=O) groups is 1. The number of nitrogens with zero attached hydrogens (tertiary/aromatic N) is 3. The normalized spacial score (nSPS) is 21.2. The molecule has 0 N–H and O–H groups in total. The summed E-state index contributed by atoms with van der Waals surface area (Å²) in [4.78, 5) is 23.0. The number of pyridine rings is 1. The summed E-state index contributed by atoms with van der Waals surface area (Å²) in [5, 5.41) is 1.09. The molecule has 3 aliphatic rings. The van der Waals surface area contributed by atoms with Crippen molar-refractivity contribution in [2.45, 2.75) is 70.4 Å². The maximum Gasteiger partial charge on any atom is 0.223 e. The molecule has 2 aliphatic heterocycles. The third kappa shape index (κ3) is 5.26. The van der Waals surface area contributed by atoms with Crippen molar-refractivity contribution in [3.8, 4) is 5.75 Å². The number of hydrogen-bond acceptors (Lipinski definition) is 5. The number of rotatable bonds is 8. The molecular weight excluding hydrogens is 414 g/mol. The van der Waals surface area contributed by atoms with Gasteiger partial charge in [-0.25, -0.2) is 4.98 Å². The van der Waals surface area contributed by atoms with Crippen LogP contribution >= 0.6 is 0 Å². The molecule has 0 spiro atoms. The Morgan fingerprint density at radius 3 is 2.67 bits per heavy atom. The lowest BCUT2D eigenvalue weighted by Crippen LogP contribution is -2.38. The summed E-state index contributed by atoms with van der Waals surface area (Å²) in [5.41, 5.74) is 2.09. The zero-order valence-corrected chi connectivity index (χ0v) is 19.9. The summed E-state index contributed by atoms with van der Waals surface area (Å²) >= 11 is 0. The van der Waals surface area contributed by atoms with E-state index in [1.54, 1.807) is 7.11 Å². The minimum Gasteiger partial charge on any atom is -0.497 e. The first kappa shape index (κ1) is 22.5. The monoisotopic (exact) mass is 451 g/mol. The third-order valence-electron chi connectivity index (χ3n) is 7.59. The quantitative estimate of drug-likeness (QED) is 0.570. The number of aromatic nitrogens is 1. The molecule has 6 heteroatoms. The molecule has 3 heterocycles. The molecule has 1 saturated carbocycles. The predicted molar refractivity (Wildman–Crippen MR) is 131 cm³/mol. The van der Waals surface area contributed by atoms with Crippen molar-refractivity contribution in [3.63, 3.8) is 0 Å². The van der Waals surface area contributed by atoms with Crippen LogP contribution in [-0.2, 0) is 16.1 Å². The van der Waals surface area contributed by atoms with Crippen LogP contribution in [0.2, 0.25) is 0 Å². The fraction of sp³-hybridized carbons (Fsp3) is 0.630. The number of amides is 1. The molecule has 5 rings (SSSR count). The van der Waals surface area contributed by atoms with Gasteiger partial charge in [0.25, 0.3) is 0 Å². The van der Waals surface area contributed by atoms with Gasteiger partial charge in [0.2, 0.25) is 5.91 Å². The molecule has 1 aliphatic carbocycles. The van der Waals surface area contributed by atoms with E-state index in [0.717, 1.165) is 60.6 Å². The van der Waals surface area contributed by atoms with Crippen LogP contribution in [0.3, 0.4) is 0 Å². The minimum atomic E-state index is 0.158. The lowest BCUT2D eigenvalue weighted by atomic mass is 10.0. The first-order valence-electron chi connectivity index (χ1n) is 12.8. The highest BCUT2D eigenvalue weighted by atomic mass is 16.5. The van der Waals surface area contributed by atoms with E-state index in [-0.39, 0.29) is 12.0 Å². The van der Waals surface area contributed by atoms with Crippen molar-refractivity contribution >= 4 is 22.6 Å². The molecule has 178 valence electrons. The number of hydrogen-bond donors (Lipinski definition) is 0. The summed E-state index contributed by atoms with van der Waals surface area (Å²) in [7, 11) is 1.69. The highest BCUT2D eigenvalue weighted by molar-refractivity contribution is 5.84. The van der Waals surface area contributed by atoms with E-state index in [1.165, 1.54) is 38.5 Å². The Morgan fingerprint density at radius 1 is 1.12 bits per heavy atom. The van der Waals surface area contributed by atoms with Crippen LogP contribution in [0.4, 0.5) is 5.82 Å². The SMILES string of the molecule is COc1ccc2cc(CN(CC3CCCO3)C(=O)CC3CCCC3)c(N3CCCC3)nc2c1. The molecule has 0 bridgehead atoms. The second-order valence-corrected chi connectivity index (χ2v) is 9.99. The highest BCUT2D eigenvalue weighted by Gasteiger charge is 2.28. The van der Waals surface area contributed by atoms with Crippen LogP contribution in [0, 0.1) is 5.92 Å². The van der Waals surface area contributed by atoms with Crippen molar-refractivity contribution in [2.75, 3.05) is 38.3 Å². The molecule has 2 saturated heterocycles. The van der Waals surface area contributed by atoms with Gasteiger partial charge >= 0.3 is 0 Å². The fourth-order valence-corrected chi connectivity index (χ4v) is 5.71. The highest BCUT2D eigenvalue weighted by Crippen LogP contribution is 2.32. The maximum absolute atomic E-state index is 13.5. The lowest BCUT2D eigenvalue weighted by Gasteiger charge is -2.29. The average molecular weight is 452 g/mol. The Hall–Kier alpha value is -2.34. The van der Waals surface area contributed by atoms with Gasteiger partial charge < -0.3 is 19.3 Å². The van der Waals surface area contributed by atoms with E-state index in [9.17, 15) is 4.79 Å². The van der Waals surface area contributed by atoms with E-state index >= 15 is 0 Å². The van der Waals surface area contributed by atoms with Crippen LogP contribution in [-0.4, -0.2) is 55.2 Å². The van der Waals surface area contributed by atoms with Crippen LogP contribution in [0.5, 0.6) is 5.75 Å². The van der Waals surface area contributed by atoms with Crippen LogP contribution in [0.15, 0.2) is 24.3 Å². The smallest absolute Gasteiger partial charge is 0.223 e. The van der Waals surface area contributed by atoms with E-state index in [4.69, 9.17) is 14.5 Å². The zero-order chi connectivity index (χ0) is 22.6. The van der Waals surface area contributed by atoms with Gasteiger partial charge in [-0.05, 0) is 62.6 Å². The maximum atomic E-state index is 13.5. The molecule has 33 heavy (non-hydrogen) atoms. The van der Waals surface area contributed by atoms with Gasteiger partial charge in [-0.15, -0.1) is 0 Å². The molecular formula is C27H37N3O3. The minimum absolute atomic E-state index is 0.158. The molecule has 2 aromatic rings. The van der Waals surface area contributed by atoms with Crippen molar-refractivity contribution in [1.82, 2.24) is 9.88 Å². The number of carbonyl (C=O) groups excluding carboxylic acids is 1. The van der Waals surface area contributed by atoms with Crippen LogP contribution < -0.4 is 9.64 Å². The van der Waals surface area contributed by atoms with Crippen molar-refractivity contribution in [3.05, 3.63) is 29.8 Å². The molecule has 1 unspecified atom stereocenters. The van der Waals surface area contributed by atoms with Gasteiger partial charge in [-0.3, -0.25) is 4.79 Å². The molecule has 1 atom stereocenters. The van der Waals surface area contributed by atoms with Crippen molar-refractivity contribution in [2.24, 2.45) is 5.92 Å². The van der Waals surface area contributed by atoms with E-state index in [0.29, 0.717) is 25.4 Å². The summed E-state index contributed by atoms with van der Waals surface area (Å²) in [6.45, 7) is 4.15. The molecule has 1 amide bonds. The van der Waals surface area contributed by atoms with Crippen LogP contribution in [0.1, 0.15) is 63.4 Å². The van der Waals surface area contributed by atoms with Gasteiger partial charge in [0.1, 0.15) is 11.6 Å². The Kier molecular flexibility index (Phi) is 7.00. The molecule has 0 radical (unpaired) electrons. The number of benzene rings is 1. The summed E-state index contributed by atoms with van der Waals surface area (Å²) in [6, 6.07) is 8.30. The molecule has 1 aromatic carbocycles. The van der Waals surface area contributed by atoms with E-state index in [1.807, 2.05) is 12.1 Å². The van der Waals surface area contributed by atoms with Gasteiger partial charge in [-0.2, -0.15) is 0 Å². The Bertz CT molecular complexity index is 960. The topological polar surface area (TPSA) is 54.9 Å². The average Bonchev–Trinajstić information content (AvgIpc) is 3.62. The first-order valence-corrected chi connectivity index (χ1v) is 12.8. The fourth-order valence-electron chi connectivity index (χ4n) is 5.71. The third-order valence-corrected chi connectivity index (χ3v) is 7.59. The second-order valence-electron chi connectivity index (χ2n) is 9.99.